The molecule has 1 aliphatic carbocycles. The first-order valence-corrected chi connectivity index (χ1v) is 28.1. The number of alkyl halides is 8. The number of carbonyl (C=O) groups excluding carboxylic acids is 8. The minimum Gasteiger partial charge on any atom is -0.458 e. The first-order chi connectivity index (χ1) is 39.6. The SMILES string of the molecule is CN[C@@H](CC(C)(C)F)C(=O)O[C@H](CC1=CC=C(C(F)(F)F)CC1)C(=O)N(C)[C@@H](CC(C)C)C(=O)O[C@H](C)C(=O)N(C)[C@@H](CC(C)(C)F)C(=O)O[C@H](Cc1ccc(C(F)(F)F)cc1)C(=O)N(C)[C@@H](CC(C)C)C(=O)O[C@H](C)C(=O)OCc1ccccc1. The van der Waals surface area contributed by atoms with Crippen LogP contribution in [0.3, 0.4) is 0 Å². The Bertz CT molecular complexity index is 2700. The number of halogens is 8. The van der Waals surface area contributed by atoms with Crippen LogP contribution in [0, 0.1) is 11.8 Å². The number of allylic oxidation sites excluding steroid dienone is 3. The number of hydrogen-bond donors (Lipinski definition) is 1. The highest BCUT2D eigenvalue weighted by Crippen LogP contribution is 2.35. The van der Waals surface area contributed by atoms with Crippen LogP contribution in [0.25, 0.3) is 0 Å². The molecule has 3 rings (SSSR count). The molecule has 1 N–H and O–H groups in total. The van der Waals surface area contributed by atoms with Crippen LogP contribution in [0.2, 0.25) is 0 Å². The van der Waals surface area contributed by atoms with E-state index < -0.39 is 163 Å². The van der Waals surface area contributed by atoms with Crippen LogP contribution in [0.5, 0.6) is 0 Å². The summed E-state index contributed by atoms with van der Waals surface area (Å²) in [5.41, 5.74) is -5.11. The molecule has 0 spiro atoms. The molecule has 86 heavy (non-hydrogen) atoms. The van der Waals surface area contributed by atoms with Crippen molar-refractivity contribution in [1.82, 2.24) is 20.0 Å². The smallest absolute Gasteiger partial charge is 0.416 e. The Morgan fingerprint density at radius 1 is 0.512 bits per heavy atom. The van der Waals surface area contributed by atoms with Crippen LogP contribution >= 0.6 is 0 Å². The maximum Gasteiger partial charge on any atom is 0.416 e. The average molecular weight is 1230 g/mol. The van der Waals surface area contributed by atoms with E-state index in [1.807, 2.05) is 0 Å². The van der Waals surface area contributed by atoms with E-state index in [0.717, 1.165) is 81.1 Å². The summed E-state index contributed by atoms with van der Waals surface area (Å²) >= 11 is 0. The predicted molar refractivity (Wildman–Crippen MR) is 299 cm³/mol. The van der Waals surface area contributed by atoms with Gasteiger partial charge in [0.1, 0.15) is 42.1 Å². The molecule has 0 heterocycles. The summed E-state index contributed by atoms with van der Waals surface area (Å²) in [5, 5.41) is 2.63. The van der Waals surface area contributed by atoms with Crippen molar-refractivity contribution in [2.24, 2.45) is 11.8 Å². The second-order valence-corrected chi connectivity index (χ2v) is 23.6. The zero-order valence-corrected chi connectivity index (χ0v) is 51.2. The van der Waals surface area contributed by atoms with Gasteiger partial charge in [0, 0.05) is 52.4 Å². The van der Waals surface area contributed by atoms with Gasteiger partial charge in [0.15, 0.2) is 24.4 Å². The zero-order chi connectivity index (χ0) is 65.4. The number of benzene rings is 2. The summed E-state index contributed by atoms with van der Waals surface area (Å²) in [6.07, 6.45) is -17.6. The van der Waals surface area contributed by atoms with Gasteiger partial charge >= 0.3 is 42.2 Å². The van der Waals surface area contributed by atoms with Crippen LogP contribution in [0.4, 0.5) is 35.1 Å². The molecule has 0 unspecified atom stereocenters. The molecule has 25 heteroatoms. The van der Waals surface area contributed by atoms with Crippen molar-refractivity contribution in [2.45, 2.75) is 199 Å². The standard InChI is InChI=1S/C61H82F8N4O13/c1-35(2)28-45(71(12)51(75)48(85-54(78)44(70-11)32-58(7,8)62)30-39-20-24-42(25-21-39)60(64,65)66)55(79)83-37(5)50(74)73(14)47(33-59(9,10)63)57(81)86-49(31-40-22-26-43(27-23-40)61(67,68)69)52(76)72(13)46(29-36(3)4)56(80)84-38(6)53(77)82-34-41-18-16-15-17-19-41/h15-20,22-24,26-27,35-38,44-49,70H,21,25,28-34H2,1-14H3/t37-,38-,44+,45+,46+,47+,48-,49-/m1/s1. The lowest BCUT2D eigenvalue weighted by atomic mass is 9.93. The third-order valence-corrected chi connectivity index (χ3v) is 14.0. The van der Waals surface area contributed by atoms with E-state index >= 15 is 4.39 Å². The molecule has 0 aromatic heterocycles. The Hall–Kier alpha value is -6.92. The molecular weight excluding hydrogens is 1150 g/mol. The molecular formula is C61H82F8N4O13. The molecule has 0 fully saturated rings. The van der Waals surface area contributed by atoms with E-state index in [2.05, 4.69) is 5.32 Å². The monoisotopic (exact) mass is 1230 g/mol. The molecule has 1 aliphatic rings. The first kappa shape index (κ1) is 73.3. The first-order valence-electron chi connectivity index (χ1n) is 28.1. The van der Waals surface area contributed by atoms with Crippen LogP contribution in [-0.2, 0) is 81.2 Å². The summed E-state index contributed by atoms with van der Waals surface area (Å²) < 4.78 is 140. The number of rotatable bonds is 30. The van der Waals surface area contributed by atoms with E-state index in [1.54, 1.807) is 58.0 Å². The molecule has 17 nitrogen and oxygen atoms in total. The number of amides is 3. The Morgan fingerprint density at radius 2 is 0.977 bits per heavy atom. The summed E-state index contributed by atoms with van der Waals surface area (Å²) in [4.78, 5) is 115. The Kier molecular flexibility index (Phi) is 27.0. The normalized spacial score (nSPS) is 16.0. The Morgan fingerprint density at radius 3 is 1.42 bits per heavy atom. The number of nitrogens with one attached hydrogen (secondary N) is 1. The Labute approximate surface area is 497 Å². The van der Waals surface area contributed by atoms with E-state index in [4.69, 9.17) is 23.7 Å². The van der Waals surface area contributed by atoms with Gasteiger partial charge in [-0.3, -0.25) is 19.2 Å². The number of hydrogen-bond acceptors (Lipinski definition) is 14. The van der Waals surface area contributed by atoms with Gasteiger partial charge in [-0.15, -0.1) is 0 Å². The van der Waals surface area contributed by atoms with Gasteiger partial charge < -0.3 is 43.7 Å². The third-order valence-electron chi connectivity index (χ3n) is 14.0. The molecule has 480 valence electrons. The molecule has 2 aromatic carbocycles. The van der Waals surface area contributed by atoms with Crippen LogP contribution < -0.4 is 5.32 Å². The maximum absolute atomic E-state index is 15.8. The van der Waals surface area contributed by atoms with Crippen molar-refractivity contribution in [3.8, 4) is 0 Å². The lowest BCUT2D eigenvalue weighted by Gasteiger charge is -2.35. The predicted octanol–water partition coefficient (Wildman–Crippen LogP) is 9.71. The average Bonchev–Trinajstić information content (AvgIpc) is 2.46. The van der Waals surface area contributed by atoms with Crippen molar-refractivity contribution in [1.29, 1.82) is 0 Å². The number of esters is 5. The highest BCUT2D eigenvalue weighted by atomic mass is 19.4. The Balaban J connectivity index is 2.00. The van der Waals surface area contributed by atoms with Gasteiger partial charge in [-0.05, 0) is 109 Å². The summed E-state index contributed by atoms with van der Waals surface area (Å²) in [6.45, 7) is 13.5. The minimum absolute atomic E-state index is 0.0253. The minimum atomic E-state index is -4.76. The van der Waals surface area contributed by atoms with E-state index in [-0.39, 0.29) is 48.8 Å². The maximum atomic E-state index is 15.8. The molecule has 0 aliphatic heterocycles. The van der Waals surface area contributed by atoms with Crippen molar-refractivity contribution in [3.05, 3.63) is 94.6 Å². The van der Waals surface area contributed by atoms with E-state index in [1.165, 1.54) is 34.9 Å². The van der Waals surface area contributed by atoms with E-state index in [9.17, 15) is 69.1 Å². The molecule has 8 atom stereocenters. The molecule has 0 saturated heterocycles. The van der Waals surface area contributed by atoms with Gasteiger partial charge in [-0.1, -0.05) is 87.9 Å². The second-order valence-electron chi connectivity index (χ2n) is 23.6. The lowest BCUT2D eigenvalue weighted by molar-refractivity contribution is -0.176. The summed E-state index contributed by atoms with van der Waals surface area (Å²) in [7, 11) is 4.72. The fourth-order valence-corrected chi connectivity index (χ4v) is 9.17. The van der Waals surface area contributed by atoms with Crippen LogP contribution in [-0.4, -0.2) is 157 Å². The second kappa shape index (κ2) is 31.6. The highest BCUT2D eigenvalue weighted by Gasteiger charge is 2.44. The van der Waals surface area contributed by atoms with Crippen molar-refractivity contribution in [3.63, 3.8) is 0 Å². The van der Waals surface area contributed by atoms with Crippen LogP contribution in [0.1, 0.15) is 131 Å². The van der Waals surface area contributed by atoms with Gasteiger partial charge in [-0.2, -0.15) is 26.3 Å². The topological polar surface area (TPSA) is 204 Å². The fraction of sp³-hybridized carbons (Fsp3) is 0.607. The van der Waals surface area contributed by atoms with Gasteiger partial charge in [0.05, 0.1) is 5.56 Å². The number of ether oxygens (including phenoxy) is 5. The van der Waals surface area contributed by atoms with Crippen molar-refractivity contribution >= 4 is 47.6 Å². The molecule has 2 aromatic rings. The van der Waals surface area contributed by atoms with E-state index in [0.29, 0.717) is 10.5 Å². The highest BCUT2D eigenvalue weighted by molar-refractivity contribution is 5.93. The lowest BCUT2D eigenvalue weighted by Crippen LogP contribution is -2.54. The molecule has 0 radical (unpaired) electrons. The third kappa shape index (κ3) is 23.4. The van der Waals surface area contributed by atoms with Crippen molar-refractivity contribution < 1.29 is 97.2 Å². The molecule has 0 saturated carbocycles. The van der Waals surface area contributed by atoms with Gasteiger partial charge in [0.2, 0.25) is 0 Å². The zero-order valence-electron chi connectivity index (χ0n) is 51.2. The fourth-order valence-electron chi connectivity index (χ4n) is 9.17. The summed E-state index contributed by atoms with van der Waals surface area (Å²) in [6, 6.07) is 5.87. The summed E-state index contributed by atoms with van der Waals surface area (Å²) in [5.74, 6) is -9.64. The molecule has 0 bridgehead atoms. The largest absolute Gasteiger partial charge is 0.458 e. The van der Waals surface area contributed by atoms with Gasteiger partial charge in [-0.25, -0.2) is 28.0 Å². The molecule has 3 amide bonds. The quantitative estimate of drug-likeness (QED) is 0.0440. The van der Waals surface area contributed by atoms with Crippen molar-refractivity contribution in [2.75, 3.05) is 28.2 Å². The van der Waals surface area contributed by atoms with Gasteiger partial charge in [0.25, 0.3) is 17.7 Å². The number of carbonyl (C=O) groups is 8. The van der Waals surface area contributed by atoms with Crippen LogP contribution in [0.15, 0.2) is 77.9 Å². The number of likely N-dealkylation sites (N-methyl/N-ethyl adjacent to an activating group) is 4. The number of nitrogens with zero attached hydrogens (tertiary/aromatic N) is 3.